The Labute approximate surface area is 115 Å². The van der Waals surface area contributed by atoms with Crippen LogP contribution in [-0.2, 0) is 15.6 Å². The van der Waals surface area contributed by atoms with Crippen LogP contribution in [0.3, 0.4) is 0 Å². The number of nitrogens with two attached hydrogens (primary N) is 1. The lowest BCUT2D eigenvalue weighted by atomic mass is 10.2. The molecule has 0 bridgehead atoms. The van der Waals surface area contributed by atoms with Crippen LogP contribution < -0.4 is 5.73 Å². The van der Waals surface area contributed by atoms with E-state index in [1.807, 2.05) is 0 Å². The molecule has 19 heavy (non-hydrogen) atoms. The van der Waals surface area contributed by atoms with Crippen molar-refractivity contribution in [1.29, 1.82) is 0 Å². The van der Waals surface area contributed by atoms with Crippen molar-refractivity contribution in [3.05, 3.63) is 58.9 Å². The minimum Gasteiger partial charge on any atom is -0.398 e. The lowest BCUT2D eigenvalue weighted by Gasteiger charge is -2.08. The number of hydrogen-bond acceptors (Lipinski definition) is 3. The maximum atomic E-state index is 13.1. The van der Waals surface area contributed by atoms with Crippen LogP contribution in [0, 0.1) is 5.82 Å². The Balaban J connectivity index is 2.37. The van der Waals surface area contributed by atoms with Crippen LogP contribution in [0.5, 0.6) is 0 Å². The fourth-order valence-electron chi connectivity index (χ4n) is 1.66. The average molecular weight is 300 g/mol. The molecule has 2 rings (SSSR count). The van der Waals surface area contributed by atoms with Crippen molar-refractivity contribution in [3.8, 4) is 0 Å². The van der Waals surface area contributed by atoms with E-state index in [2.05, 4.69) is 0 Å². The van der Waals surface area contributed by atoms with Gasteiger partial charge >= 0.3 is 0 Å². The molecule has 0 aliphatic heterocycles. The molecule has 6 heteroatoms. The van der Waals surface area contributed by atoms with Crippen LogP contribution >= 0.6 is 11.6 Å². The number of hydrogen-bond donors (Lipinski definition) is 1. The Morgan fingerprint density at radius 3 is 2.37 bits per heavy atom. The maximum absolute atomic E-state index is 13.1. The van der Waals surface area contributed by atoms with Gasteiger partial charge in [0.2, 0.25) is 0 Å². The summed E-state index contributed by atoms with van der Waals surface area (Å²) < 4.78 is 37.5. The van der Waals surface area contributed by atoms with Crippen LogP contribution in [-0.4, -0.2) is 8.42 Å². The standard InChI is InChI=1S/C13H11ClFNO2S/c14-10-3-1-9(2-4-10)8-19(17,18)13-7-11(15)5-6-12(13)16/h1-7H,8,16H2. The Hall–Kier alpha value is -1.59. The van der Waals surface area contributed by atoms with Gasteiger partial charge in [-0.15, -0.1) is 0 Å². The normalized spacial score (nSPS) is 11.5. The molecule has 0 saturated heterocycles. The summed E-state index contributed by atoms with van der Waals surface area (Å²) in [6.07, 6.45) is 0. The first kappa shape index (κ1) is 13.8. The van der Waals surface area contributed by atoms with Crippen molar-refractivity contribution in [3.63, 3.8) is 0 Å². The van der Waals surface area contributed by atoms with Crippen LogP contribution in [0.2, 0.25) is 5.02 Å². The third-order valence-electron chi connectivity index (χ3n) is 2.58. The lowest BCUT2D eigenvalue weighted by Crippen LogP contribution is -2.08. The van der Waals surface area contributed by atoms with Gasteiger partial charge in [0.25, 0.3) is 0 Å². The Kier molecular flexibility index (Phi) is 3.78. The van der Waals surface area contributed by atoms with Crippen molar-refractivity contribution in [1.82, 2.24) is 0 Å². The molecule has 0 aromatic heterocycles. The van der Waals surface area contributed by atoms with Crippen molar-refractivity contribution in [2.75, 3.05) is 5.73 Å². The largest absolute Gasteiger partial charge is 0.398 e. The zero-order chi connectivity index (χ0) is 14.0. The minimum absolute atomic E-state index is 0.0374. The Morgan fingerprint density at radius 1 is 1.11 bits per heavy atom. The topological polar surface area (TPSA) is 60.2 Å². The lowest BCUT2D eigenvalue weighted by molar-refractivity contribution is 0.590. The van der Waals surface area contributed by atoms with Gasteiger partial charge < -0.3 is 5.73 Å². The summed E-state index contributed by atoms with van der Waals surface area (Å²) in [6, 6.07) is 9.70. The Bertz CT molecular complexity index is 699. The molecule has 0 radical (unpaired) electrons. The van der Waals surface area contributed by atoms with E-state index in [9.17, 15) is 12.8 Å². The zero-order valence-electron chi connectivity index (χ0n) is 9.81. The van der Waals surface area contributed by atoms with Gasteiger partial charge in [0.1, 0.15) is 5.82 Å². The molecule has 0 heterocycles. The van der Waals surface area contributed by atoms with E-state index in [1.54, 1.807) is 24.3 Å². The van der Waals surface area contributed by atoms with Crippen molar-refractivity contribution in [2.45, 2.75) is 10.6 Å². The number of benzene rings is 2. The van der Waals surface area contributed by atoms with E-state index in [0.717, 1.165) is 12.1 Å². The van der Waals surface area contributed by atoms with E-state index in [0.29, 0.717) is 10.6 Å². The van der Waals surface area contributed by atoms with Crippen LogP contribution in [0.25, 0.3) is 0 Å². The van der Waals surface area contributed by atoms with Crippen LogP contribution in [0.4, 0.5) is 10.1 Å². The molecule has 0 unspecified atom stereocenters. The second-order valence-electron chi connectivity index (χ2n) is 4.07. The summed E-state index contributed by atoms with van der Waals surface area (Å²) in [5, 5.41) is 0.520. The molecule has 0 fully saturated rings. The highest BCUT2D eigenvalue weighted by Gasteiger charge is 2.19. The Morgan fingerprint density at radius 2 is 1.74 bits per heavy atom. The number of halogens is 2. The molecule has 0 saturated carbocycles. The second kappa shape index (κ2) is 5.19. The van der Waals surface area contributed by atoms with E-state index in [-0.39, 0.29) is 16.3 Å². The summed E-state index contributed by atoms with van der Waals surface area (Å²) >= 11 is 5.73. The molecule has 2 aromatic rings. The molecule has 3 nitrogen and oxygen atoms in total. The summed E-state index contributed by atoms with van der Waals surface area (Å²) in [4.78, 5) is -0.192. The number of sulfone groups is 1. The van der Waals surface area contributed by atoms with Crippen molar-refractivity contribution >= 4 is 27.1 Å². The SMILES string of the molecule is Nc1ccc(F)cc1S(=O)(=O)Cc1ccc(Cl)cc1. The second-order valence-corrected chi connectivity index (χ2v) is 6.46. The molecule has 0 atom stereocenters. The fraction of sp³-hybridized carbons (Fsp3) is 0.0769. The summed E-state index contributed by atoms with van der Waals surface area (Å²) in [5.41, 5.74) is 6.19. The highest BCUT2D eigenvalue weighted by molar-refractivity contribution is 7.90. The van der Waals surface area contributed by atoms with E-state index in [4.69, 9.17) is 17.3 Å². The highest BCUT2D eigenvalue weighted by Crippen LogP contribution is 2.24. The molecule has 0 spiro atoms. The quantitative estimate of drug-likeness (QED) is 0.886. The minimum atomic E-state index is -3.69. The predicted molar refractivity (Wildman–Crippen MR) is 73.2 cm³/mol. The van der Waals surface area contributed by atoms with Gasteiger partial charge in [0.15, 0.2) is 9.84 Å². The molecule has 100 valence electrons. The maximum Gasteiger partial charge on any atom is 0.184 e. The third kappa shape index (κ3) is 3.24. The molecule has 2 N–H and O–H groups in total. The fourth-order valence-corrected chi connectivity index (χ4v) is 3.29. The van der Waals surface area contributed by atoms with Gasteiger partial charge in [0, 0.05) is 5.02 Å². The predicted octanol–water partition coefficient (Wildman–Crippen LogP) is 3.04. The van der Waals surface area contributed by atoms with Crippen molar-refractivity contribution in [2.24, 2.45) is 0 Å². The first-order valence-electron chi connectivity index (χ1n) is 5.41. The highest BCUT2D eigenvalue weighted by atomic mass is 35.5. The van der Waals surface area contributed by atoms with Gasteiger partial charge in [-0.3, -0.25) is 0 Å². The van der Waals surface area contributed by atoms with Gasteiger partial charge in [-0.1, -0.05) is 23.7 Å². The van der Waals surface area contributed by atoms with Crippen molar-refractivity contribution < 1.29 is 12.8 Å². The number of nitrogen functional groups attached to an aromatic ring is 1. The number of rotatable bonds is 3. The molecular formula is C13H11ClFNO2S. The molecule has 0 amide bonds. The van der Waals surface area contributed by atoms with Crippen LogP contribution in [0.15, 0.2) is 47.4 Å². The van der Waals surface area contributed by atoms with Gasteiger partial charge in [-0.2, -0.15) is 0 Å². The van der Waals surface area contributed by atoms with Gasteiger partial charge in [0.05, 0.1) is 16.3 Å². The van der Waals surface area contributed by atoms with Gasteiger partial charge in [-0.25, -0.2) is 12.8 Å². The smallest absolute Gasteiger partial charge is 0.184 e. The first-order chi connectivity index (χ1) is 8.88. The molecule has 0 aliphatic rings. The van der Waals surface area contributed by atoms with Gasteiger partial charge in [-0.05, 0) is 35.9 Å². The molecule has 0 aliphatic carbocycles. The van der Waals surface area contributed by atoms with E-state index < -0.39 is 15.7 Å². The summed E-state index contributed by atoms with van der Waals surface area (Å²) in [6.45, 7) is 0. The number of anilines is 1. The third-order valence-corrected chi connectivity index (χ3v) is 4.57. The first-order valence-corrected chi connectivity index (χ1v) is 7.44. The van der Waals surface area contributed by atoms with E-state index in [1.165, 1.54) is 6.07 Å². The molecular weight excluding hydrogens is 289 g/mol. The summed E-state index contributed by atoms with van der Waals surface area (Å²) in [7, 11) is -3.69. The monoisotopic (exact) mass is 299 g/mol. The van der Waals surface area contributed by atoms with Crippen LogP contribution in [0.1, 0.15) is 5.56 Å². The average Bonchev–Trinajstić information content (AvgIpc) is 2.35. The van der Waals surface area contributed by atoms with E-state index >= 15 is 0 Å². The zero-order valence-corrected chi connectivity index (χ0v) is 11.4. The molecule has 2 aromatic carbocycles. The summed E-state index contributed by atoms with van der Waals surface area (Å²) in [5.74, 6) is -0.887.